The van der Waals surface area contributed by atoms with Crippen LogP contribution >= 0.6 is 0 Å². The van der Waals surface area contributed by atoms with Gasteiger partial charge in [0.05, 0.1) is 0 Å². The van der Waals surface area contributed by atoms with Gasteiger partial charge in [0.15, 0.2) is 0 Å². The highest BCUT2D eigenvalue weighted by atomic mass is 14.0. The van der Waals surface area contributed by atoms with Crippen molar-refractivity contribution in [2.75, 3.05) is 0 Å². The van der Waals surface area contributed by atoms with E-state index < -0.39 is 0 Å². The topological polar surface area (TPSA) is 0 Å². The highest BCUT2D eigenvalue weighted by Crippen LogP contribution is 2.14. The third kappa shape index (κ3) is 5.40. The maximum atomic E-state index is 3.91. The van der Waals surface area contributed by atoms with Crippen molar-refractivity contribution in [3.05, 3.63) is 18.6 Å². The zero-order chi connectivity index (χ0) is 9.40. The van der Waals surface area contributed by atoms with Gasteiger partial charge >= 0.3 is 0 Å². The predicted molar refractivity (Wildman–Crippen MR) is 57.0 cm³/mol. The van der Waals surface area contributed by atoms with Crippen molar-refractivity contribution in [3.63, 3.8) is 0 Å². The molecule has 1 atom stereocenters. The standard InChI is InChI=1S/C12H23/c1-5-8-12(7-3)10-9-11(4)6-2/h10-11H,2,5-9H2,1,3-4H3. The molecule has 0 N–H and O–H groups in total. The molecule has 12 heavy (non-hydrogen) atoms. The average Bonchev–Trinajstić information content (AvgIpc) is 2.11. The molecule has 71 valence electrons. The molecule has 0 spiro atoms. The Morgan fingerprint density at radius 2 is 2.08 bits per heavy atom. The van der Waals surface area contributed by atoms with Gasteiger partial charge in [-0.05, 0) is 25.2 Å². The van der Waals surface area contributed by atoms with E-state index in [1.54, 1.807) is 5.57 Å². The van der Waals surface area contributed by atoms with Crippen LogP contribution in [0, 0.1) is 12.8 Å². The van der Waals surface area contributed by atoms with E-state index in [0.717, 1.165) is 12.3 Å². The normalized spacial score (nSPS) is 14.8. The molecule has 0 bridgehead atoms. The van der Waals surface area contributed by atoms with Gasteiger partial charge in [0, 0.05) is 0 Å². The van der Waals surface area contributed by atoms with Crippen LogP contribution in [0.25, 0.3) is 0 Å². The summed E-state index contributed by atoms with van der Waals surface area (Å²) in [7, 11) is 0. The van der Waals surface area contributed by atoms with E-state index in [4.69, 9.17) is 0 Å². The van der Waals surface area contributed by atoms with Crippen LogP contribution in [0.1, 0.15) is 52.9 Å². The Hall–Kier alpha value is -0.260. The summed E-state index contributed by atoms with van der Waals surface area (Å²) in [5, 5.41) is 0. The largest absolute Gasteiger partial charge is 0.0851 e. The second-order valence-electron chi connectivity index (χ2n) is 3.60. The second kappa shape index (κ2) is 7.39. The van der Waals surface area contributed by atoms with Crippen molar-refractivity contribution in [1.29, 1.82) is 0 Å². The Balaban J connectivity index is 3.76. The van der Waals surface area contributed by atoms with Gasteiger partial charge in [-0.15, -0.1) is 0 Å². The summed E-state index contributed by atoms with van der Waals surface area (Å²) in [6.07, 6.45) is 8.46. The monoisotopic (exact) mass is 167 g/mol. The molecule has 0 rings (SSSR count). The third-order valence-electron chi connectivity index (χ3n) is 2.33. The molecule has 0 fully saturated rings. The van der Waals surface area contributed by atoms with Crippen molar-refractivity contribution in [2.45, 2.75) is 52.9 Å². The molecule has 0 saturated carbocycles. The van der Waals surface area contributed by atoms with Crippen LogP contribution in [0.3, 0.4) is 0 Å². The molecular weight excluding hydrogens is 144 g/mol. The van der Waals surface area contributed by atoms with E-state index in [1.165, 1.54) is 25.7 Å². The average molecular weight is 167 g/mol. The van der Waals surface area contributed by atoms with E-state index in [9.17, 15) is 0 Å². The van der Waals surface area contributed by atoms with E-state index >= 15 is 0 Å². The Bertz CT molecular complexity index is 122. The summed E-state index contributed by atoms with van der Waals surface area (Å²) in [6, 6.07) is 0. The summed E-state index contributed by atoms with van der Waals surface area (Å²) in [5.74, 6) is 0.753. The van der Waals surface area contributed by atoms with Crippen LogP contribution in [-0.2, 0) is 0 Å². The fourth-order valence-electron chi connectivity index (χ4n) is 1.23. The van der Waals surface area contributed by atoms with Gasteiger partial charge in [-0.2, -0.15) is 0 Å². The Labute approximate surface area is 78.1 Å². The molecule has 0 aromatic rings. The Morgan fingerprint density at radius 1 is 1.42 bits per heavy atom. The highest BCUT2D eigenvalue weighted by molar-refractivity contribution is 5.01. The van der Waals surface area contributed by atoms with Crippen LogP contribution in [-0.4, -0.2) is 0 Å². The lowest BCUT2D eigenvalue weighted by Crippen LogP contribution is -1.90. The molecular formula is C12H23. The first-order valence-corrected chi connectivity index (χ1v) is 5.21. The van der Waals surface area contributed by atoms with Crippen LogP contribution in [0.5, 0.6) is 0 Å². The van der Waals surface area contributed by atoms with Crippen molar-refractivity contribution in [1.82, 2.24) is 0 Å². The van der Waals surface area contributed by atoms with Crippen molar-refractivity contribution >= 4 is 0 Å². The van der Waals surface area contributed by atoms with Crippen LogP contribution in [0.15, 0.2) is 11.6 Å². The first kappa shape index (κ1) is 11.7. The van der Waals surface area contributed by atoms with Gasteiger partial charge in [0.2, 0.25) is 0 Å². The second-order valence-corrected chi connectivity index (χ2v) is 3.60. The molecule has 0 nitrogen and oxygen atoms in total. The highest BCUT2D eigenvalue weighted by Gasteiger charge is 1.97. The summed E-state index contributed by atoms with van der Waals surface area (Å²) in [5.41, 5.74) is 1.62. The van der Waals surface area contributed by atoms with E-state index in [-0.39, 0.29) is 0 Å². The maximum absolute atomic E-state index is 3.91. The van der Waals surface area contributed by atoms with Gasteiger partial charge in [0.1, 0.15) is 0 Å². The van der Waals surface area contributed by atoms with Crippen LogP contribution in [0.4, 0.5) is 0 Å². The fourth-order valence-corrected chi connectivity index (χ4v) is 1.23. The minimum atomic E-state index is 0.753. The minimum Gasteiger partial charge on any atom is -0.0851 e. The first-order valence-electron chi connectivity index (χ1n) is 5.21. The first-order chi connectivity index (χ1) is 5.74. The molecule has 0 aromatic heterocycles. The SMILES string of the molecule is [CH2]CC(C)CC=C(CC)CCC. The Morgan fingerprint density at radius 3 is 2.50 bits per heavy atom. The molecule has 0 amide bonds. The number of allylic oxidation sites excluding steroid dienone is 2. The number of hydrogen-bond acceptors (Lipinski definition) is 0. The summed E-state index contributed by atoms with van der Waals surface area (Å²) < 4.78 is 0. The molecule has 1 unspecified atom stereocenters. The molecule has 0 aliphatic heterocycles. The zero-order valence-corrected chi connectivity index (χ0v) is 8.90. The van der Waals surface area contributed by atoms with E-state index in [0.29, 0.717) is 0 Å². The van der Waals surface area contributed by atoms with Gasteiger partial charge in [-0.25, -0.2) is 0 Å². The third-order valence-corrected chi connectivity index (χ3v) is 2.33. The lowest BCUT2D eigenvalue weighted by atomic mass is 10.0. The molecule has 0 saturated heterocycles. The van der Waals surface area contributed by atoms with Gasteiger partial charge < -0.3 is 0 Å². The smallest absolute Gasteiger partial charge is 0.0322 e. The number of rotatable bonds is 6. The Kier molecular flexibility index (Phi) is 7.23. The predicted octanol–water partition coefficient (Wildman–Crippen LogP) is 4.37. The fraction of sp³-hybridized carbons (Fsp3) is 0.750. The molecule has 0 heterocycles. The summed E-state index contributed by atoms with van der Waals surface area (Å²) >= 11 is 0. The van der Waals surface area contributed by atoms with Gasteiger partial charge in [-0.3, -0.25) is 0 Å². The van der Waals surface area contributed by atoms with E-state index in [1.807, 2.05) is 0 Å². The van der Waals surface area contributed by atoms with E-state index in [2.05, 4.69) is 33.8 Å². The number of hydrogen-bond donors (Lipinski definition) is 0. The molecule has 0 aliphatic carbocycles. The van der Waals surface area contributed by atoms with Gasteiger partial charge in [-0.1, -0.05) is 52.2 Å². The van der Waals surface area contributed by atoms with Crippen LogP contribution in [0.2, 0.25) is 0 Å². The molecule has 0 aromatic carbocycles. The molecule has 0 heteroatoms. The molecule has 1 radical (unpaired) electrons. The summed E-state index contributed by atoms with van der Waals surface area (Å²) in [4.78, 5) is 0. The van der Waals surface area contributed by atoms with Crippen LogP contribution < -0.4 is 0 Å². The zero-order valence-electron chi connectivity index (χ0n) is 8.90. The lowest BCUT2D eigenvalue weighted by Gasteiger charge is -2.06. The summed E-state index contributed by atoms with van der Waals surface area (Å²) in [6.45, 7) is 10.7. The van der Waals surface area contributed by atoms with Gasteiger partial charge in [0.25, 0.3) is 0 Å². The lowest BCUT2D eigenvalue weighted by molar-refractivity contribution is 0.596. The molecule has 0 aliphatic rings. The minimum absolute atomic E-state index is 0.753. The van der Waals surface area contributed by atoms with Crippen molar-refractivity contribution in [2.24, 2.45) is 5.92 Å². The van der Waals surface area contributed by atoms with Crippen molar-refractivity contribution in [3.8, 4) is 0 Å². The quantitative estimate of drug-likeness (QED) is 0.515. The van der Waals surface area contributed by atoms with Crippen molar-refractivity contribution < 1.29 is 0 Å². The maximum Gasteiger partial charge on any atom is -0.0322 e.